The van der Waals surface area contributed by atoms with Crippen molar-refractivity contribution in [2.75, 3.05) is 38.5 Å². The first kappa shape index (κ1) is 20.2. The van der Waals surface area contributed by atoms with Gasteiger partial charge in [0.15, 0.2) is 15.8 Å². The van der Waals surface area contributed by atoms with Gasteiger partial charge in [0.05, 0.1) is 10.6 Å². The Morgan fingerprint density at radius 3 is 2.65 bits per heavy atom. The molecule has 144 valence electrons. The minimum absolute atomic E-state index is 0.00368. The van der Waals surface area contributed by atoms with Crippen molar-refractivity contribution in [1.82, 2.24) is 15.5 Å². The molecule has 2 rings (SSSR count). The number of nitrogens with one attached hydrogen (secondary N) is 2. The zero-order valence-corrected chi connectivity index (χ0v) is 16.1. The van der Waals surface area contributed by atoms with E-state index < -0.39 is 9.84 Å². The molecule has 1 heterocycles. The average Bonchev–Trinajstić information content (AvgIpc) is 3.04. The summed E-state index contributed by atoms with van der Waals surface area (Å²) in [6.07, 6.45) is 2.40. The quantitative estimate of drug-likeness (QED) is 0.379. The van der Waals surface area contributed by atoms with Crippen molar-refractivity contribution in [3.8, 4) is 0 Å². The second-order valence-corrected chi connectivity index (χ2v) is 8.27. The van der Waals surface area contributed by atoms with Crippen LogP contribution in [0.4, 0.5) is 0 Å². The molecule has 2 N–H and O–H groups in total. The third-order valence-electron chi connectivity index (χ3n) is 4.14. The molecule has 7 nitrogen and oxygen atoms in total. The maximum Gasteiger partial charge on any atom is 0.222 e. The molecule has 1 fully saturated rings. The van der Waals surface area contributed by atoms with E-state index >= 15 is 0 Å². The normalized spacial score (nSPS) is 15.3. The van der Waals surface area contributed by atoms with Gasteiger partial charge in [-0.25, -0.2) is 8.42 Å². The highest BCUT2D eigenvalue weighted by molar-refractivity contribution is 7.91. The zero-order valence-electron chi connectivity index (χ0n) is 15.3. The summed E-state index contributed by atoms with van der Waals surface area (Å²) in [7, 11) is -3.30. The van der Waals surface area contributed by atoms with Gasteiger partial charge in [-0.3, -0.25) is 9.79 Å². The fourth-order valence-corrected chi connectivity index (χ4v) is 3.96. The Morgan fingerprint density at radius 2 is 2.00 bits per heavy atom. The van der Waals surface area contributed by atoms with E-state index in [1.165, 1.54) is 0 Å². The van der Waals surface area contributed by atoms with Gasteiger partial charge in [-0.1, -0.05) is 18.2 Å². The number of amides is 1. The topological polar surface area (TPSA) is 90.9 Å². The number of benzene rings is 1. The molecule has 0 radical (unpaired) electrons. The number of sulfone groups is 1. The minimum atomic E-state index is -3.30. The molecule has 26 heavy (non-hydrogen) atoms. The first-order valence-electron chi connectivity index (χ1n) is 9.10. The van der Waals surface area contributed by atoms with Crippen molar-refractivity contribution < 1.29 is 13.2 Å². The molecule has 0 atom stereocenters. The lowest BCUT2D eigenvalue weighted by Gasteiger charge is -2.15. The molecule has 1 aromatic rings. The molecule has 0 aliphatic carbocycles. The second-order valence-electron chi connectivity index (χ2n) is 6.16. The highest BCUT2D eigenvalue weighted by Gasteiger charge is 2.19. The third-order valence-corrected chi connectivity index (χ3v) is 5.87. The average molecular weight is 381 g/mol. The number of hydrogen-bond acceptors (Lipinski definition) is 4. The standard InChI is InChI=1S/C18H28N4O3S/c1-2-19-18(20-11-7-14-22-13-6-10-17(22)23)21-12-15-26(24,25)16-8-4-3-5-9-16/h3-5,8-9H,2,6-7,10-15H2,1H3,(H2,19,20,21). The number of hydrogen-bond donors (Lipinski definition) is 2. The second kappa shape index (κ2) is 10.2. The summed E-state index contributed by atoms with van der Waals surface area (Å²) >= 11 is 0. The minimum Gasteiger partial charge on any atom is -0.357 e. The Hall–Kier alpha value is -2.09. The van der Waals surface area contributed by atoms with Crippen molar-refractivity contribution in [2.24, 2.45) is 4.99 Å². The van der Waals surface area contributed by atoms with E-state index in [2.05, 4.69) is 15.6 Å². The van der Waals surface area contributed by atoms with Crippen LogP contribution >= 0.6 is 0 Å². The van der Waals surface area contributed by atoms with Gasteiger partial charge in [0.1, 0.15) is 0 Å². The van der Waals surface area contributed by atoms with Crippen molar-refractivity contribution >= 4 is 21.7 Å². The first-order valence-corrected chi connectivity index (χ1v) is 10.8. The van der Waals surface area contributed by atoms with Gasteiger partial charge >= 0.3 is 0 Å². The molecule has 1 aromatic carbocycles. The predicted molar refractivity (Wildman–Crippen MR) is 103 cm³/mol. The van der Waals surface area contributed by atoms with E-state index in [4.69, 9.17) is 0 Å². The van der Waals surface area contributed by atoms with Crippen LogP contribution in [-0.2, 0) is 14.6 Å². The molecule has 1 amide bonds. The van der Waals surface area contributed by atoms with Crippen LogP contribution in [-0.4, -0.2) is 63.7 Å². The lowest BCUT2D eigenvalue weighted by molar-refractivity contribution is -0.127. The van der Waals surface area contributed by atoms with Crippen LogP contribution < -0.4 is 10.6 Å². The maximum absolute atomic E-state index is 12.3. The van der Waals surface area contributed by atoms with E-state index in [-0.39, 0.29) is 18.2 Å². The van der Waals surface area contributed by atoms with Crippen LogP contribution in [0.15, 0.2) is 40.2 Å². The largest absolute Gasteiger partial charge is 0.357 e. The van der Waals surface area contributed by atoms with E-state index in [0.717, 1.165) is 25.9 Å². The van der Waals surface area contributed by atoms with Crippen molar-refractivity contribution in [1.29, 1.82) is 0 Å². The summed E-state index contributed by atoms with van der Waals surface area (Å²) in [6, 6.07) is 8.44. The van der Waals surface area contributed by atoms with Gasteiger partial charge in [0.25, 0.3) is 0 Å². The molecular weight excluding hydrogens is 352 g/mol. The summed E-state index contributed by atoms with van der Waals surface area (Å²) in [5.74, 6) is 0.831. The van der Waals surface area contributed by atoms with Crippen LogP contribution in [0.25, 0.3) is 0 Å². The van der Waals surface area contributed by atoms with Crippen LogP contribution in [0, 0.1) is 0 Å². The van der Waals surface area contributed by atoms with E-state index in [0.29, 0.717) is 30.4 Å². The monoisotopic (exact) mass is 380 g/mol. The van der Waals surface area contributed by atoms with Gasteiger partial charge in [0, 0.05) is 39.1 Å². The van der Waals surface area contributed by atoms with E-state index in [1.54, 1.807) is 30.3 Å². The molecule has 0 aromatic heterocycles. The molecule has 0 saturated carbocycles. The van der Waals surface area contributed by atoms with E-state index in [9.17, 15) is 13.2 Å². The van der Waals surface area contributed by atoms with E-state index in [1.807, 2.05) is 11.8 Å². The number of carbonyl (C=O) groups excluding carboxylic acids is 1. The van der Waals surface area contributed by atoms with Gasteiger partial charge in [0.2, 0.25) is 5.91 Å². The Morgan fingerprint density at radius 1 is 1.23 bits per heavy atom. The number of carbonyl (C=O) groups is 1. The van der Waals surface area contributed by atoms with Gasteiger partial charge in [-0.05, 0) is 31.9 Å². The molecule has 0 unspecified atom stereocenters. The predicted octanol–water partition coefficient (Wildman–Crippen LogP) is 1.03. The first-order chi connectivity index (χ1) is 12.5. The molecule has 1 aliphatic rings. The lowest BCUT2D eigenvalue weighted by Crippen LogP contribution is -2.39. The van der Waals surface area contributed by atoms with Gasteiger partial charge in [-0.2, -0.15) is 0 Å². The van der Waals surface area contributed by atoms with Crippen molar-refractivity contribution in [3.05, 3.63) is 30.3 Å². The number of nitrogens with zero attached hydrogens (tertiary/aromatic N) is 2. The molecule has 0 bridgehead atoms. The number of likely N-dealkylation sites (tertiary alicyclic amines) is 1. The Labute approximate surface area is 155 Å². The summed E-state index contributed by atoms with van der Waals surface area (Å²) in [4.78, 5) is 18.2. The number of guanidine groups is 1. The Kier molecular flexibility index (Phi) is 7.90. The van der Waals surface area contributed by atoms with Crippen LogP contribution in [0.3, 0.4) is 0 Å². The van der Waals surface area contributed by atoms with Crippen molar-refractivity contribution in [3.63, 3.8) is 0 Å². The summed E-state index contributed by atoms with van der Waals surface area (Å²) in [5, 5.41) is 6.17. The highest BCUT2D eigenvalue weighted by atomic mass is 32.2. The summed E-state index contributed by atoms with van der Waals surface area (Å²) < 4.78 is 24.5. The lowest BCUT2D eigenvalue weighted by atomic mass is 10.4. The Balaban J connectivity index is 1.77. The molecule has 1 saturated heterocycles. The molecule has 0 spiro atoms. The third kappa shape index (κ3) is 6.33. The zero-order chi connectivity index (χ0) is 18.8. The van der Waals surface area contributed by atoms with Crippen LogP contribution in [0.1, 0.15) is 26.2 Å². The summed E-state index contributed by atoms with van der Waals surface area (Å²) in [6.45, 7) is 5.10. The molecule has 8 heteroatoms. The van der Waals surface area contributed by atoms with Crippen LogP contribution in [0.2, 0.25) is 0 Å². The van der Waals surface area contributed by atoms with Gasteiger partial charge in [-0.15, -0.1) is 0 Å². The highest BCUT2D eigenvalue weighted by Crippen LogP contribution is 2.10. The van der Waals surface area contributed by atoms with Crippen LogP contribution in [0.5, 0.6) is 0 Å². The number of aliphatic imine (C=N–C) groups is 1. The van der Waals surface area contributed by atoms with Gasteiger partial charge < -0.3 is 15.5 Å². The molecular formula is C18H28N4O3S. The SMILES string of the molecule is CCNC(=NCCCN1CCCC1=O)NCCS(=O)(=O)c1ccccc1. The summed E-state index contributed by atoms with van der Waals surface area (Å²) in [5.41, 5.74) is 0. The number of rotatable bonds is 9. The Bertz CT molecular complexity index is 704. The van der Waals surface area contributed by atoms with Crippen molar-refractivity contribution in [2.45, 2.75) is 31.1 Å². The smallest absolute Gasteiger partial charge is 0.222 e. The molecule has 1 aliphatic heterocycles. The fraction of sp³-hybridized carbons (Fsp3) is 0.556. The fourth-order valence-electron chi connectivity index (χ4n) is 2.78. The maximum atomic E-state index is 12.3.